The molecule has 0 aliphatic rings. The second-order valence-corrected chi connectivity index (χ2v) is 8.93. The van der Waals surface area contributed by atoms with Crippen LogP contribution in [0.1, 0.15) is 16.1 Å². The molecule has 1 heterocycles. The maximum atomic E-state index is 12.3. The first kappa shape index (κ1) is 21.2. The molecule has 0 saturated carbocycles. The lowest BCUT2D eigenvalue weighted by atomic mass is 10.2. The van der Waals surface area contributed by atoms with Gasteiger partial charge in [0.1, 0.15) is 5.76 Å². The highest BCUT2D eigenvalue weighted by Gasteiger charge is 2.14. The number of hydrogen-bond donors (Lipinski definition) is 3. The van der Waals surface area contributed by atoms with Gasteiger partial charge < -0.3 is 9.73 Å². The largest absolute Gasteiger partial charge is 0.468 e. The Bertz CT molecular complexity index is 1100. The molecule has 3 aromatic rings. The van der Waals surface area contributed by atoms with Crippen LogP contribution in [0, 0.1) is 0 Å². The van der Waals surface area contributed by atoms with Crippen LogP contribution in [-0.2, 0) is 16.6 Å². The molecule has 0 aliphatic heterocycles. The average Bonchev–Trinajstić information content (AvgIpc) is 3.21. The van der Waals surface area contributed by atoms with Crippen molar-refractivity contribution in [3.63, 3.8) is 0 Å². The van der Waals surface area contributed by atoms with Gasteiger partial charge in [0.05, 0.1) is 17.7 Å². The number of hydrogen-bond acceptors (Lipinski definition) is 5. The number of nitrogens with one attached hydrogen (secondary N) is 3. The fourth-order valence-electron chi connectivity index (χ4n) is 2.32. The fourth-order valence-corrected chi connectivity index (χ4v) is 3.79. The van der Waals surface area contributed by atoms with Gasteiger partial charge in [0, 0.05) is 15.7 Å². The molecule has 1 amide bonds. The smallest absolute Gasteiger partial charge is 0.257 e. The van der Waals surface area contributed by atoms with Crippen LogP contribution in [-0.4, -0.2) is 19.4 Å². The summed E-state index contributed by atoms with van der Waals surface area (Å²) in [6.07, 6.45) is 1.47. The van der Waals surface area contributed by atoms with Crippen molar-refractivity contribution in [3.05, 3.63) is 82.7 Å². The number of benzene rings is 2. The monoisotopic (exact) mass is 493 g/mol. The zero-order chi connectivity index (χ0) is 20.9. The number of rotatable bonds is 6. The summed E-state index contributed by atoms with van der Waals surface area (Å²) in [6, 6.07) is 16.2. The molecule has 0 aliphatic carbocycles. The van der Waals surface area contributed by atoms with E-state index in [0.717, 1.165) is 4.47 Å². The van der Waals surface area contributed by atoms with Crippen molar-refractivity contribution >= 4 is 54.9 Å². The van der Waals surface area contributed by atoms with Gasteiger partial charge in [0.2, 0.25) is 10.0 Å². The van der Waals surface area contributed by atoms with Crippen LogP contribution in [0.5, 0.6) is 0 Å². The molecule has 29 heavy (non-hydrogen) atoms. The Balaban J connectivity index is 1.57. The number of sulfonamides is 1. The van der Waals surface area contributed by atoms with E-state index in [1.54, 1.807) is 48.5 Å². The van der Waals surface area contributed by atoms with Crippen LogP contribution >= 0.6 is 28.1 Å². The van der Waals surface area contributed by atoms with Crippen molar-refractivity contribution < 1.29 is 17.6 Å². The van der Waals surface area contributed by atoms with Crippen LogP contribution < -0.4 is 15.4 Å². The normalized spacial score (nSPS) is 11.1. The van der Waals surface area contributed by atoms with Crippen molar-refractivity contribution in [1.82, 2.24) is 10.0 Å². The molecule has 0 bridgehead atoms. The number of carbonyl (C=O) groups is 1. The number of carbonyl (C=O) groups excluding carboxylic acids is 1. The quantitative estimate of drug-likeness (QED) is 0.453. The second kappa shape index (κ2) is 9.31. The number of furan rings is 1. The van der Waals surface area contributed by atoms with Gasteiger partial charge in [-0.3, -0.25) is 10.1 Å². The highest BCUT2D eigenvalue weighted by molar-refractivity contribution is 9.10. The minimum atomic E-state index is -3.68. The standard InChI is InChI=1S/C19H16BrN3O4S2/c20-14-5-3-13(4-6-14)18(24)23-19(28)22-15-7-9-17(10-8-15)29(25,26)21-12-16-2-1-11-27-16/h1-11,21H,12H2,(H2,22,23,24,28). The Labute approximate surface area is 181 Å². The molecule has 7 nitrogen and oxygen atoms in total. The lowest BCUT2D eigenvalue weighted by molar-refractivity contribution is 0.0977. The third-order valence-electron chi connectivity index (χ3n) is 3.77. The van der Waals surface area contributed by atoms with Gasteiger partial charge >= 0.3 is 0 Å². The number of halogens is 1. The van der Waals surface area contributed by atoms with Gasteiger partial charge in [-0.1, -0.05) is 15.9 Å². The Morgan fingerprint density at radius 2 is 1.72 bits per heavy atom. The van der Waals surface area contributed by atoms with Crippen molar-refractivity contribution in [1.29, 1.82) is 0 Å². The summed E-state index contributed by atoms with van der Waals surface area (Å²) in [5, 5.41) is 5.52. The van der Waals surface area contributed by atoms with E-state index in [4.69, 9.17) is 16.6 Å². The molecule has 0 fully saturated rings. The molecule has 0 spiro atoms. The Hall–Kier alpha value is -2.53. The van der Waals surface area contributed by atoms with E-state index in [1.807, 2.05) is 0 Å². The van der Waals surface area contributed by atoms with Gasteiger partial charge in [-0.2, -0.15) is 0 Å². The first-order chi connectivity index (χ1) is 13.8. The Morgan fingerprint density at radius 3 is 2.34 bits per heavy atom. The average molecular weight is 494 g/mol. The number of thiocarbonyl (C=S) groups is 1. The summed E-state index contributed by atoms with van der Waals surface area (Å²) >= 11 is 8.45. The van der Waals surface area contributed by atoms with Crippen molar-refractivity contribution in [2.45, 2.75) is 11.4 Å². The molecule has 150 valence electrons. The third kappa shape index (κ3) is 5.97. The van der Waals surface area contributed by atoms with Gasteiger partial charge in [-0.25, -0.2) is 13.1 Å². The minimum Gasteiger partial charge on any atom is -0.468 e. The lowest BCUT2D eigenvalue weighted by Gasteiger charge is -2.11. The van der Waals surface area contributed by atoms with E-state index in [9.17, 15) is 13.2 Å². The van der Waals surface area contributed by atoms with E-state index < -0.39 is 10.0 Å². The fraction of sp³-hybridized carbons (Fsp3) is 0.0526. The number of anilines is 1. The Kier molecular flexibility index (Phi) is 6.80. The molecule has 0 saturated heterocycles. The zero-order valence-electron chi connectivity index (χ0n) is 14.9. The summed E-state index contributed by atoms with van der Waals surface area (Å²) in [6.45, 7) is 0.0571. The van der Waals surface area contributed by atoms with Crippen LogP contribution in [0.4, 0.5) is 5.69 Å². The number of amides is 1. The van der Waals surface area contributed by atoms with Gasteiger partial charge in [0.25, 0.3) is 5.91 Å². The van der Waals surface area contributed by atoms with Gasteiger partial charge in [0.15, 0.2) is 5.11 Å². The van der Waals surface area contributed by atoms with E-state index in [-0.39, 0.29) is 22.5 Å². The third-order valence-corrected chi connectivity index (χ3v) is 5.92. The zero-order valence-corrected chi connectivity index (χ0v) is 18.1. The summed E-state index contributed by atoms with van der Waals surface area (Å²) < 4.78 is 33.1. The minimum absolute atomic E-state index is 0.0571. The van der Waals surface area contributed by atoms with E-state index >= 15 is 0 Å². The summed E-state index contributed by atoms with van der Waals surface area (Å²) in [5.74, 6) is 0.162. The molecule has 1 aromatic heterocycles. The van der Waals surface area contributed by atoms with Gasteiger partial charge in [-0.05, 0) is 72.9 Å². The maximum Gasteiger partial charge on any atom is 0.257 e. The molecule has 10 heteroatoms. The van der Waals surface area contributed by atoms with Crippen LogP contribution in [0.3, 0.4) is 0 Å². The van der Waals surface area contributed by atoms with E-state index in [2.05, 4.69) is 31.3 Å². The molecule has 2 aromatic carbocycles. The molecule has 3 rings (SSSR count). The van der Waals surface area contributed by atoms with Gasteiger partial charge in [-0.15, -0.1) is 0 Å². The van der Waals surface area contributed by atoms with Crippen molar-refractivity contribution in [2.24, 2.45) is 0 Å². The van der Waals surface area contributed by atoms with Crippen molar-refractivity contribution in [3.8, 4) is 0 Å². The summed E-state index contributed by atoms with van der Waals surface area (Å²) in [7, 11) is -3.68. The SMILES string of the molecule is O=C(NC(=S)Nc1ccc(S(=O)(=O)NCc2ccco2)cc1)c1ccc(Br)cc1. The molecule has 0 radical (unpaired) electrons. The molecular weight excluding hydrogens is 478 g/mol. The van der Waals surface area contributed by atoms with Crippen LogP contribution in [0.25, 0.3) is 0 Å². The summed E-state index contributed by atoms with van der Waals surface area (Å²) in [4.78, 5) is 12.3. The topological polar surface area (TPSA) is 100 Å². The maximum absolute atomic E-state index is 12.3. The molecule has 0 unspecified atom stereocenters. The molecule has 0 atom stereocenters. The van der Waals surface area contributed by atoms with Crippen molar-refractivity contribution in [2.75, 3.05) is 5.32 Å². The first-order valence-electron chi connectivity index (χ1n) is 8.33. The van der Waals surface area contributed by atoms with E-state index in [1.165, 1.54) is 18.4 Å². The van der Waals surface area contributed by atoms with E-state index in [0.29, 0.717) is 17.0 Å². The molecular formula is C19H16BrN3O4S2. The predicted octanol–water partition coefficient (Wildman–Crippen LogP) is 3.65. The summed E-state index contributed by atoms with van der Waals surface area (Å²) in [5.41, 5.74) is 0.998. The first-order valence-corrected chi connectivity index (χ1v) is 11.0. The predicted molar refractivity (Wildman–Crippen MR) is 117 cm³/mol. The highest BCUT2D eigenvalue weighted by atomic mass is 79.9. The lowest BCUT2D eigenvalue weighted by Crippen LogP contribution is -2.34. The second-order valence-electron chi connectivity index (χ2n) is 5.84. The van der Waals surface area contributed by atoms with Crippen LogP contribution in [0.2, 0.25) is 0 Å². The Morgan fingerprint density at radius 1 is 1.03 bits per heavy atom. The van der Waals surface area contributed by atoms with Crippen LogP contribution in [0.15, 0.2) is 80.7 Å². The molecule has 3 N–H and O–H groups in total. The highest BCUT2D eigenvalue weighted by Crippen LogP contribution is 2.15.